The first-order chi connectivity index (χ1) is 23.1. The highest BCUT2D eigenvalue weighted by atomic mass is 19.1. The molecule has 0 aliphatic carbocycles. The van der Waals surface area contributed by atoms with E-state index in [1.807, 2.05) is 25.1 Å². The minimum absolute atomic E-state index is 0.0929. The molecule has 1 saturated heterocycles. The maximum Gasteiger partial charge on any atom is 0.243 e. The second-order valence-corrected chi connectivity index (χ2v) is 12.4. The summed E-state index contributed by atoms with van der Waals surface area (Å²) in [5.74, 6) is -1.84. The van der Waals surface area contributed by atoms with Gasteiger partial charge in [-0.15, -0.1) is 0 Å². The van der Waals surface area contributed by atoms with Gasteiger partial charge in [0.1, 0.15) is 23.7 Å². The summed E-state index contributed by atoms with van der Waals surface area (Å²) in [5, 5.41) is 8.34. The Morgan fingerprint density at radius 2 is 1.98 bits per heavy atom. The highest BCUT2D eigenvalue weighted by molar-refractivity contribution is 5.95. The Morgan fingerprint density at radius 1 is 1.12 bits per heavy atom. The van der Waals surface area contributed by atoms with Crippen molar-refractivity contribution in [1.82, 2.24) is 30.8 Å². The lowest BCUT2D eigenvalue weighted by atomic mass is 9.94. The third kappa shape index (κ3) is 9.49. The molecule has 3 atom stereocenters. The van der Waals surface area contributed by atoms with E-state index < -0.39 is 35.6 Å². The van der Waals surface area contributed by atoms with E-state index in [9.17, 15) is 23.6 Å². The molecule has 0 saturated carbocycles. The van der Waals surface area contributed by atoms with Crippen LogP contribution in [0.1, 0.15) is 54.5 Å². The van der Waals surface area contributed by atoms with Crippen LogP contribution in [0.25, 0.3) is 0 Å². The number of carbonyl (C=O) groups is 4. The van der Waals surface area contributed by atoms with Crippen molar-refractivity contribution >= 4 is 29.3 Å². The van der Waals surface area contributed by atoms with Crippen molar-refractivity contribution < 1.29 is 28.3 Å². The zero-order chi connectivity index (χ0) is 34.0. The number of nitrogens with one attached hydrogen (secondary N) is 3. The number of amides is 4. The van der Waals surface area contributed by atoms with E-state index in [0.717, 1.165) is 36.5 Å². The molecule has 4 bridgehead atoms. The van der Waals surface area contributed by atoms with Crippen LogP contribution in [-0.4, -0.2) is 70.3 Å². The highest BCUT2D eigenvalue weighted by Crippen LogP contribution is 2.23. The van der Waals surface area contributed by atoms with E-state index in [1.165, 1.54) is 12.1 Å². The van der Waals surface area contributed by atoms with E-state index in [2.05, 4.69) is 25.9 Å². The summed E-state index contributed by atoms with van der Waals surface area (Å²) >= 11 is 0. The highest BCUT2D eigenvalue weighted by Gasteiger charge is 2.32. The molecule has 1 fully saturated rings. The molecule has 2 aromatic carbocycles. The van der Waals surface area contributed by atoms with E-state index in [1.54, 1.807) is 23.5 Å². The Labute approximate surface area is 279 Å². The summed E-state index contributed by atoms with van der Waals surface area (Å²) in [7, 11) is 0. The number of hydrogen-bond donors (Lipinski definition) is 4. The number of hydrogen-bond acceptors (Lipinski definition) is 8. The number of fused-ring (bicyclic) bond motifs is 4. The fourth-order valence-corrected chi connectivity index (χ4v) is 6.03. The van der Waals surface area contributed by atoms with Gasteiger partial charge in [0, 0.05) is 43.9 Å². The van der Waals surface area contributed by atoms with Gasteiger partial charge in [0.15, 0.2) is 0 Å². The van der Waals surface area contributed by atoms with Crippen molar-refractivity contribution in [3.05, 3.63) is 83.2 Å². The molecule has 13 heteroatoms. The Morgan fingerprint density at radius 3 is 2.77 bits per heavy atom. The second-order valence-electron chi connectivity index (χ2n) is 12.4. The van der Waals surface area contributed by atoms with E-state index >= 15 is 0 Å². The van der Waals surface area contributed by atoms with Crippen LogP contribution in [0.3, 0.4) is 0 Å². The number of nitrogens with zero attached hydrogens (tertiary/aromatic N) is 3. The number of benzene rings is 2. The first kappa shape index (κ1) is 34.3. The lowest BCUT2D eigenvalue weighted by Gasteiger charge is -2.34. The third-order valence-electron chi connectivity index (χ3n) is 8.84. The van der Waals surface area contributed by atoms with Gasteiger partial charge in [-0.2, -0.15) is 0 Å². The van der Waals surface area contributed by atoms with Crippen molar-refractivity contribution in [2.45, 2.75) is 70.5 Å². The predicted octanol–water partition coefficient (Wildman–Crippen LogP) is 2.38. The summed E-state index contributed by atoms with van der Waals surface area (Å²) in [6, 6.07) is 7.40. The van der Waals surface area contributed by atoms with Gasteiger partial charge < -0.3 is 31.3 Å². The standard InChI is InChI=1S/C35H42FN7O5/c1-22-4-8-28-15-25(22)19-40-34(46)30(9-7-27-20-38-11-12-39-27)42-35(47)31(41-32(44)16-24-5-6-26(37)17-29(24)36)18-33(45)43-13-2-3-23(21-43)10-14-48-28/h4-6,8,11-12,15,17,20,23,30-31H,2-3,7,9-10,13-14,16,18-19,21,37H2,1H3,(H,40,46)(H,41,44)(H,42,47)/t23?,30?,31-/m0/s1. The molecular weight excluding hydrogens is 617 g/mol. The van der Waals surface area contributed by atoms with Gasteiger partial charge in [-0.3, -0.25) is 29.1 Å². The number of nitrogens with two attached hydrogens (primary N) is 1. The predicted molar refractivity (Wildman–Crippen MR) is 176 cm³/mol. The molecule has 5 rings (SSSR count). The number of nitrogen functional groups attached to an aromatic ring is 1. The second kappa shape index (κ2) is 16.2. The monoisotopic (exact) mass is 659 g/mol. The molecule has 2 unspecified atom stereocenters. The normalized spacial score (nSPS) is 20.8. The van der Waals surface area contributed by atoms with Crippen molar-refractivity contribution in [1.29, 1.82) is 0 Å². The number of halogens is 1. The zero-order valence-corrected chi connectivity index (χ0v) is 27.0. The zero-order valence-electron chi connectivity index (χ0n) is 27.0. The molecule has 4 amide bonds. The minimum Gasteiger partial charge on any atom is -0.494 e. The van der Waals surface area contributed by atoms with Gasteiger partial charge >= 0.3 is 0 Å². The number of piperidine rings is 1. The largest absolute Gasteiger partial charge is 0.494 e. The van der Waals surface area contributed by atoms with Crippen molar-refractivity contribution in [2.75, 3.05) is 25.4 Å². The molecule has 0 radical (unpaired) electrons. The van der Waals surface area contributed by atoms with Crippen LogP contribution in [0.2, 0.25) is 0 Å². The Hall–Kier alpha value is -5.07. The van der Waals surface area contributed by atoms with Crippen LogP contribution in [0.4, 0.5) is 10.1 Å². The minimum atomic E-state index is -1.31. The van der Waals surface area contributed by atoms with Gasteiger partial charge in [0.25, 0.3) is 0 Å². The number of ether oxygens (including phenoxy) is 1. The van der Waals surface area contributed by atoms with E-state index in [-0.39, 0.29) is 48.9 Å². The quantitative estimate of drug-likeness (QED) is 0.293. The topological polar surface area (TPSA) is 169 Å². The smallest absolute Gasteiger partial charge is 0.243 e. The fraction of sp³-hybridized carbons (Fsp3) is 0.429. The van der Waals surface area contributed by atoms with Gasteiger partial charge in [-0.05, 0) is 85.9 Å². The van der Waals surface area contributed by atoms with E-state index in [0.29, 0.717) is 37.6 Å². The summed E-state index contributed by atoms with van der Waals surface area (Å²) in [6.45, 7) is 3.64. The summed E-state index contributed by atoms with van der Waals surface area (Å²) in [4.78, 5) is 64.3. The SMILES string of the molecule is Cc1ccc2cc1CNC(=O)C(CCc1cnccn1)NC(=O)[C@@H](NC(=O)Cc1ccc(N)cc1F)CC(=O)N1CCCC(CCO2)C1. The maximum absolute atomic E-state index is 14.5. The van der Waals surface area contributed by atoms with Crippen LogP contribution in [0.15, 0.2) is 55.0 Å². The summed E-state index contributed by atoms with van der Waals surface area (Å²) < 4.78 is 20.6. The molecule has 48 heavy (non-hydrogen) atoms. The number of rotatable bonds is 6. The van der Waals surface area contributed by atoms with Gasteiger partial charge in [0.2, 0.25) is 23.6 Å². The van der Waals surface area contributed by atoms with Crippen LogP contribution in [-0.2, 0) is 38.6 Å². The molecule has 3 heterocycles. The van der Waals surface area contributed by atoms with E-state index in [4.69, 9.17) is 10.5 Å². The number of anilines is 1. The molecule has 3 aromatic rings. The number of aryl methyl sites for hydroxylation is 2. The number of aromatic nitrogens is 2. The molecule has 254 valence electrons. The lowest BCUT2D eigenvalue weighted by Crippen LogP contribution is -2.55. The van der Waals surface area contributed by atoms with Gasteiger partial charge in [-0.25, -0.2) is 4.39 Å². The third-order valence-corrected chi connectivity index (χ3v) is 8.84. The molecule has 12 nitrogen and oxygen atoms in total. The Bertz CT molecular complexity index is 1620. The van der Waals surface area contributed by atoms with Crippen LogP contribution in [0.5, 0.6) is 5.75 Å². The Kier molecular flexibility index (Phi) is 11.5. The van der Waals surface area contributed by atoms with Gasteiger partial charge in [0.05, 0.1) is 25.1 Å². The van der Waals surface area contributed by atoms with Crippen LogP contribution < -0.4 is 26.4 Å². The molecule has 1 aromatic heterocycles. The van der Waals surface area contributed by atoms with Crippen molar-refractivity contribution in [3.63, 3.8) is 0 Å². The Balaban J connectivity index is 1.40. The first-order valence-corrected chi connectivity index (χ1v) is 16.3. The molecule has 5 N–H and O–H groups in total. The summed E-state index contributed by atoms with van der Waals surface area (Å²) in [6.07, 6.45) is 6.97. The van der Waals surface area contributed by atoms with Crippen molar-refractivity contribution in [3.8, 4) is 5.75 Å². The molecule has 0 spiro atoms. The molecule has 2 aliphatic rings. The van der Waals surface area contributed by atoms with Crippen LogP contribution in [0, 0.1) is 18.7 Å². The van der Waals surface area contributed by atoms with Crippen molar-refractivity contribution in [2.24, 2.45) is 5.92 Å². The fourth-order valence-electron chi connectivity index (χ4n) is 6.03. The average Bonchev–Trinajstić information content (AvgIpc) is 3.07. The lowest BCUT2D eigenvalue weighted by molar-refractivity contribution is -0.138. The number of carbonyl (C=O) groups excluding carboxylic acids is 4. The van der Waals surface area contributed by atoms with Gasteiger partial charge in [-0.1, -0.05) is 12.1 Å². The maximum atomic E-state index is 14.5. The van der Waals surface area contributed by atoms with Crippen LogP contribution >= 0.6 is 0 Å². The first-order valence-electron chi connectivity index (χ1n) is 16.3. The molecule has 2 aliphatic heterocycles. The molecular formula is C35H42FN7O5. The summed E-state index contributed by atoms with van der Waals surface area (Å²) in [5.41, 5.74) is 8.43. The average molecular weight is 660 g/mol.